The van der Waals surface area contributed by atoms with Crippen molar-refractivity contribution in [1.29, 1.82) is 0 Å². The molecule has 0 aliphatic rings. The Hall–Kier alpha value is 3.82. The minimum atomic E-state index is 0. The third-order valence-corrected chi connectivity index (χ3v) is 0. The second kappa shape index (κ2) is 15.8. The molecule has 0 amide bonds. The van der Waals surface area contributed by atoms with Crippen LogP contribution in [0.15, 0.2) is 0 Å². The van der Waals surface area contributed by atoms with Gasteiger partial charge in [0.25, 0.3) is 0 Å². The molecule has 24 valence electrons. The third-order valence-electron chi connectivity index (χ3n) is 0. The summed E-state index contributed by atoms with van der Waals surface area (Å²) in [5.74, 6) is 0. The molecule has 0 unspecified atom stereocenters. The zero-order valence-corrected chi connectivity index (χ0v) is 5.45. The van der Waals surface area contributed by atoms with Gasteiger partial charge >= 0.3 is 48.9 Å². The Balaban J connectivity index is 0. The summed E-state index contributed by atoms with van der Waals surface area (Å²) in [5.41, 5.74) is 0. The van der Waals surface area contributed by atoms with Gasteiger partial charge in [-0.3, -0.25) is 0 Å². The van der Waals surface area contributed by atoms with Gasteiger partial charge in [-0.2, -0.15) is 0 Å². The maximum Gasteiger partial charge on any atom is 0 e. The number of rotatable bonds is 0. The minimum Gasteiger partial charge on any atom is 0 e. The summed E-state index contributed by atoms with van der Waals surface area (Å²) >= 11 is 0. The summed E-state index contributed by atoms with van der Waals surface area (Å²) in [6.45, 7) is 0. The maximum absolute atomic E-state index is 0. The van der Waals surface area contributed by atoms with Crippen LogP contribution in [-0.2, 0) is 17.1 Å². The van der Waals surface area contributed by atoms with E-state index in [0.717, 1.165) is 0 Å². The average Bonchev–Trinajstić information content (AvgIpc) is 0. The van der Waals surface area contributed by atoms with Crippen LogP contribution in [0.25, 0.3) is 0 Å². The van der Waals surface area contributed by atoms with Crippen LogP contribution in [0.5, 0.6) is 0 Å². The Morgan fingerprint density at radius 2 is 1.00 bits per heavy atom. The summed E-state index contributed by atoms with van der Waals surface area (Å²) in [5, 5.41) is 0. The van der Waals surface area contributed by atoms with E-state index in [1.165, 1.54) is 0 Å². The van der Waals surface area contributed by atoms with E-state index in [1.807, 2.05) is 0 Å². The summed E-state index contributed by atoms with van der Waals surface area (Å²) in [6.07, 6.45) is 0. The Morgan fingerprint density at radius 1 is 1.00 bits per heavy atom. The molecule has 0 fully saturated rings. The van der Waals surface area contributed by atoms with Gasteiger partial charge in [0.15, 0.2) is 17.4 Å². The van der Waals surface area contributed by atoms with Crippen molar-refractivity contribution < 1.29 is 52.7 Å². The molecule has 0 aromatic rings. The first-order valence-electron chi connectivity index (χ1n) is 0. The fourth-order valence-corrected chi connectivity index (χ4v) is 0. The van der Waals surface area contributed by atoms with Crippen molar-refractivity contribution in [2.45, 2.75) is 0 Å². The monoisotopic (exact) mass is 372 g/mol. The van der Waals surface area contributed by atoms with Gasteiger partial charge in [0, 0.05) is 52.7 Å². The van der Waals surface area contributed by atoms with E-state index >= 15 is 0 Å². The van der Waals surface area contributed by atoms with Crippen molar-refractivity contribution in [2.24, 2.45) is 0 Å². The summed E-state index contributed by atoms with van der Waals surface area (Å²) in [4.78, 5) is 0. The van der Waals surface area contributed by atoms with Crippen molar-refractivity contribution in [3.63, 3.8) is 0 Å². The Kier molecular flexibility index (Phi) is 98.7. The molecule has 2 radical (unpaired) electrons. The molecule has 0 aromatic carbocycles. The van der Waals surface area contributed by atoms with E-state index in [1.54, 1.807) is 0 Å². The van der Waals surface area contributed by atoms with E-state index in [-0.39, 0.29) is 119 Å². The molecule has 0 saturated carbocycles. The van der Waals surface area contributed by atoms with Gasteiger partial charge in [-0.1, -0.05) is 0 Å². The molecular formula is H5AlBaCuLa. The molecule has 4 heavy (non-hydrogen) atoms. The van der Waals surface area contributed by atoms with Crippen LogP contribution in [-0.4, -0.2) is 66.2 Å². The van der Waals surface area contributed by atoms with Gasteiger partial charge in [0.2, 0.25) is 0 Å². The summed E-state index contributed by atoms with van der Waals surface area (Å²) in [6, 6.07) is 0. The van der Waals surface area contributed by atoms with E-state index < -0.39 is 0 Å². The second-order valence-electron chi connectivity index (χ2n) is 0. The number of hydrogen-bond acceptors (Lipinski definition) is 0. The molecule has 0 bridgehead atoms. The van der Waals surface area contributed by atoms with Crippen molar-refractivity contribution in [2.75, 3.05) is 0 Å². The van der Waals surface area contributed by atoms with E-state index in [0.29, 0.717) is 0 Å². The normalized spacial score (nSPS) is 0. The van der Waals surface area contributed by atoms with Crippen molar-refractivity contribution in [1.82, 2.24) is 0 Å². The van der Waals surface area contributed by atoms with Crippen LogP contribution in [0.2, 0.25) is 0 Å². The van der Waals surface area contributed by atoms with Crippen LogP contribution in [0, 0.1) is 35.6 Å². The van der Waals surface area contributed by atoms with Gasteiger partial charge in [0.05, 0.1) is 0 Å². The molecule has 0 N–H and O–H groups in total. The summed E-state index contributed by atoms with van der Waals surface area (Å²) < 4.78 is 0. The molecule has 4 heteroatoms. The molecule has 0 saturated heterocycles. The van der Waals surface area contributed by atoms with Gasteiger partial charge in [-0.05, 0) is 0 Å². The van der Waals surface area contributed by atoms with Crippen molar-refractivity contribution >= 4 is 66.2 Å². The molecule has 0 nitrogen and oxygen atoms in total. The fraction of sp³-hybridized carbons (Fsp3) is 0. The zero-order chi connectivity index (χ0) is 0. The van der Waals surface area contributed by atoms with E-state index in [2.05, 4.69) is 0 Å². The van der Waals surface area contributed by atoms with E-state index in [9.17, 15) is 0 Å². The van der Waals surface area contributed by atoms with Crippen LogP contribution in [0.3, 0.4) is 0 Å². The Morgan fingerprint density at radius 3 is 1.00 bits per heavy atom. The Bertz CT molecular complexity index is 8.00. The fourth-order valence-electron chi connectivity index (χ4n) is 0. The standard InChI is InChI=1S/Al.Ba.Cu.La.5H. The average molecular weight is 372 g/mol. The summed E-state index contributed by atoms with van der Waals surface area (Å²) in [7, 11) is 0. The van der Waals surface area contributed by atoms with Crippen molar-refractivity contribution in [3.05, 3.63) is 0 Å². The molecule has 0 spiro atoms. The Labute approximate surface area is 116 Å². The smallest absolute Gasteiger partial charge is 0 e. The molecule has 0 rings (SSSR count). The SMILES string of the molecule is [AlH3].[BaH2].[Cu].[La]. The van der Waals surface area contributed by atoms with Crippen LogP contribution < -0.4 is 0 Å². The van der Waals surface area contributed by atoms with Gasteiger partial charge in [0.1, 0.15) is 0 Å². The van der Waals surface area contributed by atoms with Crippen LogP contribution in [0.4, 0.5) is 0 Å². The van der Waals surface area contributed by atoms with E-state index in [4.69, 9.17) is 0 Å². The molecule has 0 aliphatic heterocycles. The van der Waals surface area contributed by atoms with Gasteiger partial charge in [-0.25, -0.2) is 0 Å². The molecule has 0 aliphatic carbocycles. The van der Waals surface area contributed by atoms with Gasteiger partial charge in [-0.15, -0.1) is 0 Å². The predicted octanol–water partition coefficient (Wildman–Crippen LogP) is -2.10. The topological polar surface area (TPSA) is 0 Å². The zero-order valence-electron chi connectivity index (χ0n) is 0.879. The maximum atomic E-state index is 0. The first-order valence-corrected chi connectivity index (χ1v) is 0. The molecule has 0 atom stereocenters. The number of hydrogen-bond donors (Lipinski definition) is 0. The second-order valence-corrected chi connectivity index (χ2v) is 0. The molecule has 0 aromatic heterocycles. The molecular weight excluding hydrogens is 367 g/mol. The third kappa shape index (κ3) is 9.26. The van der Waals surface area contributed by atoms with Crippen LogP contribution >= 0.6 is 0 Å². The predicted molar refractivity (Wildman–Crippen MR) is 18.5 cm³/mol. The van der Waals surface area contributed by atoms with Crippen molar-refractivity contribution in [3.8, 4) is 0 Å². The van der Waals surface area contributed by atoms with Crippen LogP contribution in [0.1, 0.15) is 0 Å². The molecule has 0 heterocycles. The first kappa shape index (κ1) is 24.9. The largest absolute Gasteiger partial charge is 0 e. The first-order chi connectivity index (χ1) is 0. The minimum absolute atomic E-state index is 0. The quantitative estimate of drug-likeness (QED) is 0.428. The van der Waals surface area contributed by atoms with Gasteiger partial charge < -0.3 is 0 Å².